The Kier molecular flexibility index (Phi) is 7.69. The van der Waals surface area contributed by atoms with Crippen LogP contribution in [0.25, 0.3) is 6.08 Å². The molecule has 0 aromatic heterocycles. The molecule has 0 fully saturated rings. The van der Waals surface area contributed by atoms with Gasteiger partial charge >= 0.3 is 5.97 Å². The van der Waals surface area contributed by atoms with E-state index >= 15 is 0 Å². The number of ether oxygens (including phenoxy) is 1. The van der Waals surface area contributed by atoms with Gasteiger partial charge in [0.1, 0.15) is 11.6 Å². The van der Waals surface area contributed by atoms with Gasteiger partial charge in [-0.25, -0.2) is 4.79 Å². The van der Waals surface area contributed by atoms with Crippen molar-refractivity contribution in [2.75, 3.05) is 0 Å². The molecule has 0 unspecified atom stereocenters. The Morgan fingerprint density at radius 1 is 1.19 bits per heavy atom. The minimum Gasteiger partial charge on any atom is -0.459 e. The summed E-state index contributed by atoms with van der Waals surface area (Å²) < 4.78 is 5.16. The highest BCUT2D eigenvalue weighted by molar-refractivity contribution is 7.97. The van der Waals surface area contributed by atoms with E-state index in [0.29, 0.717) is 0 Å². The normalized spacial score (nSPS) is 11.3. The van der Waals surface area contributed by atoms with E-state index in [1.807, 2.05) is 43.8 Å². The summed E-state index contributed by atoms with van der Waals surface area (Å²) in [6, 6.07) is 16.5. The van der Waals surface area contributed by atoms with Crippen molar-refractivity contribution in [3.8, 4) is 6.07 Å². The van der Waals surface area contributed by atoms with E-state index in [0.717, 1.165) is 28.2 Å². The molecular weight excluding hydrogens is 354 g/mol. The van der Waals surface area contributed by atoms with Crippen molar-refractivity contribution in [2.45, 2.75) is 45.3 Å². The van der Waals surface area contributed by atoms with Crippen molar-refractivity contribution >= 4 is 23.8 Å². The first-order valence-electron chi connectivity index (χ1n) is 8.95. The van der Waals surface area contributed by atoms with Crippen molar-refractivity contribution in [3.63, 3.8) is 0 Å². The van der Waals surface area contributed by atoms with Gasteiger partial charge in [-0.2, -0.15) is 17.0 Å². The number of carbonyl (C=O) groups excluding carboxylic acids is 1. The quantitative estimate of drug-likeness (QED) is 0.357. The molecule has 0 radical (unpaired) electrons. The first kappa shape index (κ1) is 20.8. The summed E-state index contributed by atoms with van der Waals surface area (Å²) in [6.45, 7) is 7.60. The topological polar surface area (TPSA) is 50.1 Å². The molecule has 2 aromatic carbocycles. The molecule has 2 aromatic rings. The molecule has 4 heteroatoms. The highest BCUT2D eigenvalue weighted by atomic mass is 32.2. The molecule has 0 aliphatic carbocycles. The van der Waals surface area contributed by atoms with Crippen LogP contribution in [0.5, 0.6) is 0 Å². The van der Waals surface area contributed by atoms with Gasteiger partial charge in [0.2, 0.25) is 0 Å². The molecule has 0 bridgehead atoms. The smallest absolute Gasteiger partial charge is 0.349 e. The monoisotopic (exact) mass is 379 g/mol. The summed E-state index contributed by atoms with van der Waals surface area (Å²) in [6.07, 6.45) is 1.39. The number of nitriles is 1. The number of thioether (sulfide) groups is 1. The maximum Gasteiger partial charge on any atom is 0.349 e. The van der Waals surface area contributed by atoms with Crippen LogP contribution in [-0.4, -0.2) is 12.1 Å². The molecule has 0 saturated heterocycles. The zero-order valence-corrected chi connectivity index (χ0v) is 17.1. The van der Waals surface area contributed by atoms with E-state index in [2.05, 4.69) is 30.3 Å². The third-order valence-corrected chi connectivity index (χ3v) is 5.10. The molecule has 27 heavy (non-hydrogen) atoms. The van der Waals surface area contributed by atoms with Crippen LogP contribution in [0.15, 0.2) is 48.0 Å². The van der Waals surface area contributed by atoms with Gasteiger partial charge in [-0.1, -0.05) is 48.0 Å². The molecule has 2 rings (SSSR count). The summed E-state index contributed by atoms with van der Waals surface area (Å²) >= 11 is 1.85. The second kappa shape index (κ2) is 9.99. The fourth-order valence-corrected chi connectivity index (χ4v) is 3.74. The van der Waals surface area contributed by atoms with Crippen LogP contribution in [0.2, 0.25) is 0 Å². The van der Waals surface area contributed by atoms with Gasteiger partial charge in [-0.3, -0.25) is 0 Å². The van der Waals surface area contributed by atoms with Crippen LogP contribution in [0.3, 0.4) is 0 Å². The van der Waals surface area contributed by atoms with Gasteiger partial charge in [0.05, 0.1) is 6.10 Å². The van der Waals surface area contributed by atoms with Crippen molar-refractivity contribution < 1.29 is 9.53 Å². The fourth-order valence-electron chi connectivity index (χ4n) is 2.69. The molecule has 0 atom stereocenters. The van der Waals surface area contributed by atoms with E-state index < -0.39 is 5.97 Å². The second-order valence-electron chi connectivity index (χ2n) is 6.74. The highest BCUT2D eigenvalue weighted by Crippen LogP contribution is 2.25. The van der Waals surface area contributed by atoms with Crippen LogP contribution in [0.4, 0.5) is 0 Å². The molecule has 0 saturated carbocycles. The Hall–Kier alpha value is -2.51. The molecule has 0 amide bonds. The van der Waals surface area contributed by atoms with E-state index in [1.165, 1.54) is 11.1 Å². The average Bonchev–Trinajstić information content (AvgIpc) is 2.63. The first-order chi connectivity index (χ1) is 12.9. The van der Waals surface area contributed by atoms with Crippen LogP contribution in [0, 0.1) is 25.2 Å². The number of aryl methyl sites for hydroxylation is 1. The maximum atomic E-state index is 12.1. The van der Waals surface area contributed by atoms with Gasteiger partial charge in [0, 0.05) is 11.5 Å². The van der Waals surface area contributed by atoms with Gasteiger partial charge in [0.15, 0.2) is 0 Å². The third-order valence-electron chi connectivity index (χ3n) is 4.05. The molecule has 0 aliphatic rings. The number of rotatable bonds is 7. The number of benzene rings is 2. The number of esters is 1. The zero-order chi connectivity index (χ0) is 19.8. The van der Waals surface area contributed by atoms with Crippen LogP contribution < -0.4 is 0 Å². The van der Waals surface area contributed by atoms with Gasteiger partial charge in [0.25, 0.3) is 0 Å². The SMILES string of the molecule is Cc1cc(C=C(C#N)C(=O)OC(C)C)c(C)c(CSCc2ccccc2)c1. The maximum absolute atomic E-state index is 12.1. The van der Waals surface area contributed by atoms with Crippen molar-refractivity contribution in [2.24, 2.45) is 0 Å². The standard InChI is InChI=1S/C23H25NO2S/c1-16(2)26-23(25)21(13-24)12-20-10-17(3)11-22(18(20)4)15-27-14-19-8-6-5-7-9-19/h5-12,16H,14-15H2,1-4H3. The second-order valence-corrected chi connectivity index (χ2v) is 7.73. The summed E-state index contributed by atoms with van der Waals surface area (Å²) in [7, 11) is 0. The van der Waals surface area contributed by atoms with E-state index in [4.69, 9.17) is 4.74 Å². The lowest BCUT2D eigenvalue weighted by atomic mass is 9.98. The average molecular weight is 380 g/mol. The first-order valence-corrected chi connectivity index (χ1v) is 10.1. The van der Waals surface area contributed by atoms with Crippen LogP contribution >= 0.6 is 11.8 Å². The van der Waals surface area contributed by atoms with Crippen molar-refractivity contribution in [3.05, 3.63) is 75.9 Å². The van der Waals surface area contributed by atoms with E-state index in [-0.39, 0.29) is 11.7 Å². The van der Waals surface area contributed by atoms with Crippen LogP contribution in [-0.2, 0) is 21.0 Å². The molecular formula is C23H25NO2S. The minimum atomic E-state index is -0.576. The van der Waals surface area contributed by atoms with Gasteiger partial charge in [-0.15, -0.1) is 0 Å². The zero-order valence-electron chi connectivity index (χ0n) is 16.3. The van der Waals surface area contributed by atoms with E-state index in [9.17, 15) is 10.1 Å². The lowest BCUT2D eigenvalue weighted by molar-refractivity contribution is -0.142. The molecule has 0 spiro atoms. The lowest BCUT2D eigenvalue weighted by Gasteiger charge is -2.12. The number of hydrogen-bond donors (Lipinski definition) is 0. The molecule has 140 valence electrons. The van der Waals surface area contributed by atoms with E-state index in [1.54, 1.807) is 19.9 Å². The van der Waals surface area contributed by atoms with Crippen molar-refractivity contribution in [1.29, 1.82) is 5.26 Å². The molecule has 0 N–H and O–H groups in total. The Morgan fingerprint density at radius 2 is 1.89 bits per heavy atom. The summed E-state index contributed by atoms with van der Waals surface area (Å²) in [5, 5.41) is 9.34. The predicted molar refractivity (Wildman–Crippen MR) is 112 cm³/mol. The molecule has 3 nitrogen and oxygen atoms in total. The summed E-state index contributed by atoms with van der Waals surface area (Å²) in [5.41, 5.74) is 5.64. The number of nitrogens with zero attached hydrogens (tertiary/aromatic N) is 1. The lowest BCUT2D eigenvalue weighted by Crippen LogP contribution is -2.12. The Bertz CT molecular complexity index is 864. The molecule has 0 heterocycles. The molecule has 0 aliphatic heterocycles. The Morgan fingerprint density at radius 3 is 2.52 bits per heavy atom. The van der Waals surface area contributed by atoms with Gasteiger partial charge in [-0.05, 0) is 56.0 Å². The number of hydrogen-bond acceptors (Lipinski definition) is 4. The Labute approximate surface area is 166 Å². The largest absolute Gasteiger partial charge is 0.459 e. The summed E-state index contributed by atoms with van der Waals surface area (Å²) in [5.74, 6) is 1.25. The Balaban J connectivity index is 2.19. The minimum absolute atomic E-state index is 0.0280. The summed E-state index contributed by atoms with van der Waals surface area (Å²) in [4.78, 5) is 12.1. The highest BCUT2D eigenvalue weighted by Gasteiger charge is 2.14. The van der Waals surface area contributed by atoms with Gasteiger partial charge < -0.3 is 4.74 Å². The third kappa shape index (κ3) is 6.30. The predicted octanol–water partition coefficient (Wildman–Crippen LogP) is 5.60. The fraction of sp³-hybridized carbons (Fsp3) is 0.304. The van der Waals surface area contributed by atoms with Crippen LogP contribution in [0.1, 0.15) is 41.7 Å². The van der Waals surface area contributed by atoms with Crippen molar-refractivity contribution in [1.82, 2.24) is 0 Å². The number of carbonyl (C=O) groups is 1.